The number of rotatable bonds is 6. The third kappa shape index (κ3) is 4.39. The fourth-order valence-corrected chi connectivity index (χ4v) is 5.47. The number of hydrogen-bond donors (Lipinski definition) is 2. The molecule has 0 spiro atoms. The molecule has 1 atom stereocenters. The summed E-state index contributed by atoms with van der Waals surface area (Å²) in [5.41, 5.74) is 2.49. The zero-order valence-corrected chi connectivity index (χ0v) is 17.6. The lowest BCUT2D eigenvalue weighted by Gasteiger charge is -2.36. The molecule has 0 radical (unpaired) electrons. The van der Waals surface area contributed by atoms with Gasteiger partial charge in [-0.05, 0) is 54.7 Å². The summed E-state index contributed by atoms with van der Waals surface area (Å²) < 4.78 is 28.4. The smallest absolute Gasteiger partial charge is 0.243 e. The monoisotopic (exact) mass is 427 g/mol. The molecular weight excluding hydrogens is 402 g/mol. The lowest BCUT2D eigenvalue weighted by atomic mass is 9.92. The van der Waals surface area contributed by atoms with Crippen LogP contribution < -0.4 is 10.6 Å². The first-order valence-corrected chi connectivity index (χ1v) is 11.6. The van der Waals surface area contributed by atoms with Gasteiger partial charge in [0.05, 0.1) is 10.9 Å². The lowest BCUT2D eigenvalue weighted by molar-refractivity contribution is -0.122. The fraction of sp³-hybridized carbons (Fsp3) is 0.364. The van der Waals surface area contributed by atoms with Crippen LogP contribution in [0.3, 0.4) is 0 Å². The van der Waals surface area contributed by atoms with E-state index in [1.165, 1.54) is 23.4 Å². The maximum atomic E-state index is 13.5. The van der Waals surface area contributed by atoms with Crippen molar-refractivity contribution in [2.75, 3.05) is 11.9 Å². The summed E-state index contributed by atoms with van der Waals surface area (Å²) in [6, 6.07) is 13.5. The van der Waals surface area contributed by atoms with Crippen molar-refractivity contribution in [2.24, 2.45) is 0 Å². The number of anilines is 1. The van der Waals surface area contributed by atoms with Crippen molar-refractivity contribution in [2.45, 2.75) is 49.6 Å². The van der Waals surface area contributed by atoms with Crippen LogP contribution in [-0.4, -0.2) is 37.1 Å². The molecule has 30 heavy (non-hydrogen) atoms. The number of carbonyl (C=O) groups is 2. The molecule has 1 aliphatic heterocycles. The second-order valence-electron chi connectivity index (χ2n) is 7.83. The zero-order valence-electron chi connectivity index (χ0n) is 16.8. The maximum Gasteiger partial charge on any atom is 0.243 e. The molecule has 1 heterocycles. The summed E-state index contributed by atoms with van der Waals surface area (Å²) in [6.45, 7) is 1.71. The van der Waals surface area contributed by atoms with Crippen LogP contribution in [0.4, 0.5) is 5.69 Å². The van der Waals surface area contributed by atoms with Crippen molar-refractivity contribution >= 4 is 27.5 Å². The van der Waals surface area contributed by atoms with Gasteiger partial charge in [0.15, 0.2) is 0 Å². The van der Waals surface area contributed by atoms with Gasteiger partial charge < -0.3 is 10.6 Å². The molecule has 0 unspecified atom stereocenters. The van der Waals surface area contributed by atoms with Gasteiger partial charge in [0, 0.05) is 31.6 Å². The molecule has 4 rings (SSSR count). The van der Waals surface area contributed by atoms with Crippen molar-refractivity contribution in [3.05, 3.63) is 59.7 Å². The molecular formula is C22H25N3O4S. The highest BCUT2D eigenvalue weighted by Gasteiger charge is 2.38. The molecule has 2 aliphatic rings. The number of nitrogens with zero attached hydrogens (tertiary/aromatic N) is 1. The maximum absolute atomic E-state index is 13.5. The highest BCUT2D eigenvalue weighted by Crippen LogP contribution is 2.36. The Kier molecular flexibility index (Phi) is 5.62. The molecule has 158 valence electrons. The minimum atomic E-state index is -3.82. The molecule has 2 aromatic carbocycles. The van der Waals surface area contributed by atoms with Gasteiger partial charge in [-0.15, -0.1) is 0 Å². The van der Waals surface area contributed by atoms with Gasteiger partial charge in [0.2, 0.25) is 21.8 Å². The van der Waals surface area contributed by atoms with Crippen LogP contribution in [0.15, 0.2) is 53.4 Å². The van der Waals surface area contributed by atoms with E-state index in [4.69, 9.17) is 0 Å². The van der Waals surface area contributed by atoms with Crippen LogP contribution in [0, 0.1) is 0 Å². The summed E-state index contributed by atoms with van der Waals surface area (Å²) >= 11 is 0. The molecule has 0 saturated heterocycles. The molecule has 1 saturated carbocycles. The second-order valence-corrected chi connectivity index (χ2v) is 9.72. The van der Waals surface area contributed by atoms with Crippen LogP contribution >= 0.6 is 0 Å². The van der Waals surface area contributed by atoms with Gasteiger partial charge in [-0.25, -0.2) is 8.42 Å². The van der Waals surface area contributed by atoms with E-state index in [9.17, 15) is 18.0 Å². The first kappa shape index (κ1) is 20.6. The van der Waals surface area contributed by atoms with Crippen LogP contribution in [0.1, 0.15) is 43.4 Å². The van der Waals surface area contributed by atoms with Crippen LogP contribution in [0.5, 0.6) is 0 Å². The summed E-state index contributed by atoms with van der Waals surface area (Å²) in [4.78, 5) is 23.9. The highest BCUT2D eigenvalue weighted by molar-refractivity contribution is 7.89. The Morgan fingerprint density at radius 2 is 1.77 bits per heavy atom. The molecule has 1 aliphatic carbocycles. The Morgan fingerprint density at radius 3 is 2.43 bits per heavy atom. The first-order valence-electron chi connectivity index (χ1n) is 10.1. The largest absolute Gasteiger partial charge is 0.353 e. The van der Waals surface area contributed by atoms with E-state index in [1.54, 1.807) is 12.1 Å². The summed E-state index contributed by atoms with van der Waals surface area (Å²) in [5, 5.41) is 5.60. The van der Waals surface area contributed by atoms with Gasteiger partial charge in [0.25, 0.3) is 0 Å². The van der Waals surface area contributed by atoms with Gasteiger partial charge >= 0.3 is 0 Å². The minimum Gasteiger partial charge on any atom is -0.353 e. The predicted molar refractivity (Wildman–Crippen MR) is 113 cm³/mol. The number of sulfonamides is 1. The van der Waals surface area contributed by atoms with Gasteiger partial charge in [-0.1, -0.05) is 24.3 Å². The molecule has 2 N–H and O–H groups in total. The van der Waals surface area contributed by atoms with E-state index in [2.05, 4.69) is 10.6 Å². The van der Waals surface area contributed by atoms with E-state index in [-0.39, 0.29) is 29.2 Å². The summed E-state index contributed by atoms with van der Waals surface area (Å²) in [7, 11) is -3.82. The number of benzene rings is 2. The van der Waals surface area contributed by atoms with E-state index in [0.29, 0.717) is 18.7 Å². The van der Waals surface area contributed by atoms with Crippen LogP contribution in [0.2, 0.25) is 0 Å². The van der Waals surface area contributed by atoms with E-state index < -0.39 is 16.1 Å². The van der Waals surface area contributed by atoms with Crippen LogP contribution in [0.25, 0.3) is 0 Å². The molecule has 0 aromatic heterocycles. The standard InChI is InChI=1S/C22H25N3O4S/c1-15(26)23-17-8-10-19(11-9-17)30(28,29)25-13-12-16-4-2-3-5-20(16)21(25)14-22(27)24-18-6-7-18/h2-5,8-11,18,21H,6-7,12-14H2,1H3,(H,23,26)(H,24,27)/t21-/m0/s1. The summed E-state index contributed by atoms with van der Waals surface area (Å²) in [6.07, 6.45) is 2.65. The molecule has 2 amide bonds. The Hall–Kier alpha value is -2.71. The molecule has 2 aromatic rings. The van der Waals surface area contributed by atoms with E-state index in [1.807, 2.05) is 24.3 Å². The number of amides is 2. The number of hydrogen-bond acceptors (Lipinski definition) is 4. The Bertz CT molecular complexity index is 1060. The Labute approximate surface area is 176 Å². The minimum absolute atomic E-state index is 0.0940. The Morgan fingerprint density at radius 1 is 1.07 bits per heavy atom. The van der Waals surface area contributed by atoms with Gasteiger partial charge in [0.1, 0.15) is 0 Å². The van der Waals surface area contributed by atoms with Crippen LogP contribution in [-0.2, 0) is 26.0 Å². The lowest BCUT2D eigenvalue weighted by Crippen LogP contribution is -2.42. The van der Waals surface area contributed by atoms with Crippen molar-refractivity contribution in [3.8, 4) is 0 Å². The quantitative estimate of drug-likeness (QED) is 0.741. The average molecular weight is 428 g/mol. The average Bonchev–Trinajstić information content (AvgIpc) is 3.52. The first-order chi connectivity index (χ1) is 14.3. The fourth-order valence-electron chi connectivity index (χ4n) is 3.87. The van der Waals surface area contributed by atoms with Crippen molar-refractivity contribution in [3.63, 3.8) is 0 Å². The van der Waals surface area contributed by atoms with Gasteiger partial charge in [-0.2, -0.15) is 4.31 Å². The number of carbonyl (C=O) groups excluding carboxylic acids is 2. The van der Waals surface area contributed by atoms with Crippen molar-refractivity contribution < 1.29 is 18.0 Å². The molecule has 8 heteroatoms. The van der Waals surface area contributed by atoms with E-state index >= 15 is 0 Å². The normalized spacial score (nSPS) is 19.0. The van der Waals surface area contributed by atoms with Crippen molar-refractivity contribution in [1.29, 1.82) is 0 Å². The van der Waals surface area contributed by atoms with Crippen molar-refractivity contribution in [1.82, 2.24) is 9.62 Å². The SMILES string of the molecule is CC(=O)Nc1ccc(S(=O)(=O)N2CCc3ccccc3[C@@H]2CC(=O)NC2CC2)cc1. The molecule has 7 nitrogen and oxygen atoms in total. The predicted octanol–water partition coefficient (Wildman–Crippen LogP) is 2.60. The number of nitrogens with one attached hydrogen (secondary N) is 2. The molecule has 0 bridgehead atoms. The number of fused-ring (bicyclic) bond motifs is 1. The third-order valence-electron chi connectivity index (χ3n) is 5.47. The molecule has 1 fully saturated rings. The van der Waals surface area contributed by atoms with Gasteiger partial charge in [-0.3, -0.25) is 9.59 Å². The third-order valence-corrected chi connectivity index (χ3v) is 7.39. The topological polar surface area (TPSA) is 95.6 Å². The highest BCUT2D eigenvalue weighted by atomic mass is 32.2. The zero-order chi connectivity index (χ0) is 21.3. The van der Waals surface area contributed by atoms with E-state index in [0.717, 1.165) is 24.0 Å². The second kappa shape index (κ2) is 8.20. The summed E-state index contributed by atoms with van der Waals surface area (Å²) in [5.74, 6) is -0.347. The Balaban J connectivity index is 1.64.